The van der Waals surface area contributed by atoms with E-state index in [1.165, 1.54) is 6.33 Å². The molecule has 0 unspecified atom stereocenters. The van der Waals surface area contributed by atoms with Crippen LogP contribution in [0.4, 0.5) is 0 Å². The highest BCUT2D eigenvalue weighted by atomic mass is 35.5. The summed E-state index contributed by atoms with van der Waals surface area (Å²) in [7, 11) is 0. The van der Waals surface area contributed by atoms with Gasteiger partial charge in [-0.25, -0.2) is 14.6 Å². The Labute approximate surface area is 112 Å². The van der Waals surface area contributed by atoms with Gasteiger partial charge in [0.2, 0.25) is 0 Å². The molecule has 0 aliphatic carbocycles. The molecule has 0 saturated heterocycles. The van der Waals surface area contributed by atoms with Gasteiger partial charge in [-0.05, 0) is 17.9 Å². The molecule has 0 atom stereocenters. The molecular weight excluding hydrogens is 248 g/mol. The van der Waals surface area contributed by atoms with Crippen LogP contribution in [0.25, 0.3) is 5.82 Å². The molecule has 18 heavy (non-hydrogen) atoms. The molecule has 2 aromatic heterocycles. The van der Waals surface area contributed by atoms with Crippen LogP contribution in [-0.2, 0) is 0 Å². The Hall–Kier alpha value is -1.42. The van der Waals surface area contributed by atoms with E-state index >= 15 is 0 Å². The molecule has 0 bridgehead atoms. The first-order chi connectivity index (χ1) is 8.50. The first-order valence-electron chi connectivity index (χ1n) is 6.07. The number of nitrogens with zero attached hydrogens (tertiary/aromatic N) is 4. The van der Waals surface area contributed by atoms with Crippen molar-refractivity contribution in [1.29, 1.82) is 0 Å². The van der Waals surface area contributed by atoms with E-state index < -0.39 is 0 Å². The topological polar surface area (TPSA) is 43.6 Å². The van der Waals surface area contributed by atoms with Crippen LogP contribution in [0.3, 0.4) is 0 Å². The molecule has 0 amide bonds. The Kier molecular flexibility index (Phi) is 3.66. The zero-order valence-electron chi connectivity index (χ0n) is 11.1. The highest BCUT2D eigenvalue weighted by Gasteiger charge is 2.16. The van der Waals surface area contributed by atoms with Gasteiger partial charge >= 0.3 is 0 Å². The van der Waals surface area contributed by atoms with Crippen molar-refractivity contribution in [3.63, 3.8) is 0 Å². The lowest BCUT2D eigenvalue weighted by molar-refractivity contribution is 0.733. The van der Waals surface area contributed by atoms with Crippen molar-refractivity contribution in [3.8, 4) is 5.82 Å². The molecular formula is C13H17ClN4. The number of rotatable bonds is 3. The van der Waals surface area contributed by atoms with Gasteiger partial charge in [-0.1, -0.05) is 39.3 Å². The summed E-state index contributed by atoms with van der Waals surface area (Å²) in [6.07, 6.45) is 3.39. The summed E-state index contributed by atoms with van der Waals surface area (Å²) in [6, 6.07) is 2.00. The zero-order chi connectivity index (χ0) is 13.3. The van der Waals surface area contributed by atoms with Crippen LogP contribution in [0.15, 0.2) is 18.6 Å². The summed E-state index contributed by atoms with van der Waals surface area (Å²) >= 11 is 6.15. The van der Waals surface area contributed by atoms with E-state index in [0.717, 1.165) is 17.1 Å². The normalized spacial score (nSPS) is 11.5. The molecule has 96 valence electrons. The molecule has 0 aromatic carbocycles. The lowest BCUT2D eigenvalue weighted by Gasteiger charge is -2.12. The number of halogens is 1. The van der Waals surface area contributed by atoms with Crippen molar-refractivity contribution in [3.05, 3.63) is 35.0 Å². The van der Waals surface area contributed by atoms with Gasteiger partial charge < -0.3 is 0 Å². The van der Waals surface area contributed by atoms with Crippen molar-refractivity contribution in [2.24, 2.45) is 0 Å². The van der Waals surface area contributed by atoms with Crippen LogP contribution in [-0.4, -0.2) is 19.7 Å². The molecule has 0 fully saturated rings. The number of hydrogen-bond acceptors (Lipinski definition) is 3. The van der Waals surface area contributed by atoms with Gasteiger partial charge in [0, 0.05) is 11.8 Å². The maximum Gasteiger partial charge on any atom is 0.161 e. The number of hydrogen-bond donors (Lipinski definition) is 0. The van der Waals surface area contributed by atoms with Gasteiger partial charge in [-0.2, -0.15) is 5.10 Å². The van der Waals surface area contributed by atoms with Crippen LogP contribution < -0.4 is 0 Å². The van der Waals surface area contributed by atoms with Gasteiger partial charge in [0.15, 0.2) is 5.82 Å². The molecule has 0 spiro atoms. The Bertz CT molecular complexity index is 546. The quantitative estimate of drug-likeness (QED) is 0.796. The van der Waals surface area contributed by atoms with Crippen LogP contribution >= 0.6 is 11.6 Å². The molecule has 0 N–H and O–H groups in total. The van der Waals surface area contributed by atoms with E-state index in [2.05, 4.69) is 42.8 Å². The summed E-state index contributed by atoms with van der Waals surface area (Å²) in [5.41, 5.74) is 1.97. The molecule has 2 rings (SSSR count). The highest BCUT2D eigenvalue weighted by molar-refractivity contribution is 6.30. The van der Waals surface area contributed by atoms with Crippen molar-refractivity contribution in [2.45, 2.75) is 39.5 Å². The molecule has 0 aliphatic heterocycles. The van der Waals surface area contributed by atoms with Gasteiger partial charge in [-0.3, -0.25) is 0 Å². The molecule has 0 saturated carbocycles. The summed E-state index contributed by atoms with van der Waals surface area (Å²) in [6.45, 7) is 8.37. The second kappa shape index (κ2) is 5.06. The smallest absolute Gasteiger partial charge is 0.161 e. The summed E-state index contributed by atoms with van der Waals surface area (Å²) in [4.78, 5) is 8.35. The Morgan fingerprint density at radius 3 is 2.39 bits per heavy atom. The molecule has 4 nitrogen and oxygen atoms in total. The minimum absolute atomic E-state index is 0.250. The van der Waals surface area contributed by atoms with Crippen molar-refractivity contribution >= 4 is 11.6 Å². The van der Waals surface area contributed by atoms with E-state index in [1.54, 1.807) is 4.68 Å². The highest BCUT2D eigenvalue weighted by Crippen LogP contribution is 2.27. The second-order valence-electron chi connectivity index (χ2n) is 4.90. The maximum absolute atomic E-state index is 6.15. The van der Waals surface area contributed by atoms with Crippen LogP contribution in [0.1, 0.15) is 50.8 Å². The van der Waals surface area contributed by atoms with E-state index in [-0.39, 0.29) is 5.92 Å². The van der Waals surface area contributed by atoms with Gasteiger partial charge in [0.25, 0.3) is 0 Å². The molecule has 5 heteroatoms. The molecule has 2 aromatic rings. The Balaban J connectivity index is 2.53. The standard InChI is InChI=1S/C13H17ClN4/c1-8(2)10-5-6-18(17-10)13-11(9(3)4)12(14)15-7-16-13/h5-9H,1-4H3. The average molecular weight is 265 g/mol. The summed E-state index contributed by atoms with van der Waals surface area (Å²) in [5.74, 6) is 1.41. The minimum Gasteiger partial charge on any atom is -0.224 e. The van der Waals surface area contributed by atoms with Crippen LogP contribution in [0.2, 0.25) is 5.15 Å². The largest absolute Gasteiger partial charge is 0.224 e. The van der Waals surface area contributed by atoms with Gasteiger partial charge in [-0.15, -0.1) is 0 Å². The van der Waals surface area contributed by atoms with E-state index in [9.17, 15) is 0 Å². The van der Waals surface area contributed by atoms with Gasteiger partial charge in [0.05, 0.1) is 5.69 Å². The van der Waals surface area contributed by atoms with Crippen molar-refractivity contribution in [1.82, 2.24) is 19.7 Å². The van der Waals surface area contributed by atoms with E-state index in [1.807, 2.05) is 12.3 Å². The third-order valence-electron chi connectivity index (χ3n) is 2.81. The first kappa shape index (κ1) is 13.0. The molecule has 2 heterocycles. The third kappa shape index (κ3) is 2.38. The predicted molar refractivity (Wildman–Crippen MR) is 72.3 cm³/mol. The fourth-order valence-corrected chi connectivity index (χ4v) is 2.15. The number of aromatic nitrogens is 4. The van der Waals surface area contributed by atoms with Crippen molar-refractivity contribution < 1.29 is 0 Å². The molecule has 0 aliphatic rings. The average Bonchev–Trinajstić information content (AvgIpc) is 2.77. The SMILES string of the molecule is CC(C)c1ccn(-c2ncnc(Cl)c2C(C)C)n1. The van der Waals surface area contributed by atoms with Gasteiger partial charge in [0.1, 0.15) is 11.5 Å². The Morgan fingerprint density at radius 1 is 1.11 bits per heavy atom. The molecule has 0 radical (unpaired) electrons. The Morgan fingerprint density at radius 2 is 1.83 bits per heavy atom. The van der Waals surface area contributed by atoms with E-state index in [4.69, 9.17) is 11.6 Å². The maximum atomic E-state index is 6.15. The van der Waals surface area contributed by atoms with Crippen LogP contribution in [0, 0.1) is 0 Å². The zero-order valence-corrected chi connectivity index (χ0v) is 11.8. The first-order valence-corrected chi connectivity index (χ1v) is 6.44. The van der Waals surface area contributed by atoms with Crippen molar-refractivity contribution in [2.75, 3.05) is 0 Å². The third-order valence-corrected chi connectivity index (χ3v) is 3.11. The lowest BCUT2D eigenvalue weighted by atomic mass is 10.1. The predicted octanol–water partition coefficient (Wildman–Crippen LogP) is 3.56. The summed E-state index contributed by atoms with van der Waals surface area (Å²) in [5, 5.41) is 5.03. The van der Waals surface area contributed by atoms with E-state index in [0.29, 0.717) is 11.1 Å². The lowest BCUT2D eigenvalue weighted by Crippen LogP contribution is -2.07. The fraction of sp³-hybridized carbons (Fsp3) is 0.462. The fourth-order valence-electron chi connectivity index (χ4n) is 1.81. The minimum atomic E-state index is 0.250. The van der Waals surface area contributed by atoms with Crippen LogP contribution in [0.5, 0.6) is 0 Å². The summed E-state index contributed by atoms with van der Waals surface area (Å²) < 4.78 is 1.78. The monoisotopic (exact) mass is 264 g/mol. The second-order valence-corrected chi connectivity index (χ2v) is 5.25.